The molecule has 0 spiro atoms. The van der Waals surface area contributed by atoms with Crippen LogP contribution in [0.3, 0.4) is 0 Å². The van der Waals surface area contributed by atoms with Gasteiger partial charge in [0.25, 0.3) is 0 Å². The first-order chi connectivity index (χ1) is 11.0. The van der Waals surface area contributed by atoms with E-state index in [4.69, 9.17) is 27.4 Å². The van der Waals surface area contributed by atoms with Crippen molar-refractivity contribution in [1.29, 1.82) is 0 Å². The molecule has 120 valence electrons. The molecule has 7 heteroatoms. The van der Waals surface area contributed by atoms with Crippen molar-refractivity contribution >= 4 is 34.6 Å². The van der Waals surface area contributed by atoms with Gasteiger partial charge in [0, 0.05) is 35.1 Å². The van der Waals surface area contributed by atoms with Crippen LogP contribution in [0.2, 0.25) is 0 Å². The van der Waals surface area contributed by atoms with E-state index in [1.807, 2.05) is 0 Å². The molecule has 0 aromatic heterocycles. The lowest BCUT2D eigenvalue weighted by Crippen LogP contribution is -2.19. The maximum Gasteiger partial charge on any atom is 0.248 e. The Kier molecular flexibility index (Phi) is 5.37. The van der Waals surface area contributed by atoms with Gasteiger partial charge in [-0.25, -0.2) is 0 Å². The van der Waals surface area contributed by atoms with Crippen molar-refractivity contribution in [2.45, 2.75) is 0 Å². The molecule has 4 N–H and O–H groups in total. The summed E-state index contributed by atoms with van der Waals surface area (Å²) in [5, 5.41) is 6.46. The second kappa shape index (κ2) is 7.46. The van der Waals surface area contributed by atoms with E-state index in [0.29, 0.717) is 22.2 Å². The Hall–Kier alpha value is -2.80. The Labute approximate surface area is 139 Å². The number of anilines is 2. The lowest BCUT2D eigenvalue weighted by atomic mass is 10.2. The summed E-state index contributed by atoms with van der Waals surface area (Å²) in [5.74, 6) is 0.835. The summed E-state index contributed by atoms with van der Waals surface area (Å²) in [6.45, 7) is 0. The van der Waals surface area contributed by atoms with Gasteiger partial charge in [0.1, 0.15) is 11.5 Å². The third kappa shape index (κ3) is 4.58. The molecule has 0 bridgehead atoms. The summed E-state index contributed by atoms with van der Waals surface area (Å²) in [7, 11) is 3.16. The Morgan fingerprint density at radius 1 is 0.957 bits per heavy atom. The van der Waals surface area contributed by atoms with Crippen LogP contribution in [0, 0.1) is 0 Å². The number of hydrogen-bond donors (Lipinski definition) is 3. The second-order valence-corrected chi connectivity index (χ2v) is 5.03. The molecule has 0 atom stereocenters. The van der Waals surface area contributed by atoms with E-state index >= 15 is 0 Å². The molecule has 2 rings (SSSR count). The fraction of sp³-hybridized carbons (Fsp3) is 0.125. The van der Waals surface area contributed by atoms with Crippen LogP contribution in [0.4, 0.5) is 11.4 Å². The van der Waals surface area contributed by atoms with E-state index in [2.05, 4.69) is 10.6 Å². The average Bonchev–Trinajstić information content (AvgIpc) is 2.54. The van der Waals surface area contributed by atoms with E-state index in [0.717, 1.165) is 11.4 Å². The number of ether oxygens (including phenoxy) is 2. The highest BCUT2D eigenvalue weighted by Crippen LogP contribution is 2.25. The van der Waals surface area contributed by atoms with Crippen molar-refractivity contribution in [3.05, 3.63) is 48.0 Å². The van der Waals surface area contributed by atoms with Crippen LogP contribution in [0.25, 0.3) is 0 Å². The monoisotopic (exact) mass is 331 g/mol. The maximum absolute atomic E-state index is 11.0. The van der Waals surface area contributed by atoms with Crippen LogP contribution in [0.5, 0.6) is 11.5 Å². The zero-order valence-electron chi connectivity index (χ0n) is 12.8. The van der Waals surface area contributed by atoms with Crippen LogP contribution < -0.4 is 25.8 Å². The Morgan fingerprint density at radius 2 is 1.48 bits per heavy atom. The molecule has 0 radical (unpaired) electrons. The molecule has 0 saturated carbocycles. The van der Waals surface area contributed by atoms with Gasteiger partial charge in [0.15, 0.2) is 5.11 Å². The topological polar surface area (TPSA) is 85.6 Å². The van der Waals surface area contributed by atoms with Gasteiger partial charge in [-0.3, -0.25) is 4.79 Å². The minimum absolute atomic E-state index is 0.395. The van der Waals surface area contributed by atoms with Crippen molar-refractivity contribution in [3.8, 4) is 11.5 Å². The highest BCUT2D eigenvalue weighted by molar-refractivity contribution is 7.80. The van der Waals surface area contributed by atoms with Crippen LogP contribution in [-0.4, -0.2) is 25.2 Å². The minimum Gasteiger partial charge on any atom is -0.497 e. The molecule has 0 unspecified atom stereocenters. The molecule has 0 heterocycles. The van der Waals surface area contributed by atoms with Crippen LogP contribution in [0.15, 0.2) is 42.5 Å². The lowest BCUT2D eigenvalue weighted by Gasteiger charge is -2.13. The van der Waals surface area contributed by atoms with E-state index < -0.39 is 5.91 Å². The third-order valence-electron chi connectivity index (χ3n) is 3.04. The van der Waals surface area contributed by atoms with Gasteiger partial charge >= 0.3 is 0 Å². The molecule has 1 amide bonds. The Morgan fingerprint density at radius 3 is 1.96 bits per heavy atom. The highest BCUT2D eigenvalue weighted by Gasteiger charge is 2.05. The molecule has 2 aromatic rings. The summed E-state index contributed by atoms with van der Waals surface area (Å²) < 4.78 is 10.4. The van der Waals surface area contributed by atoms with Gasteiger partial charge in [-0.1, -0.05) is 0 Å². The zero-order valence-corrected chi connectivity index (χ0v) is 13.6. The van der Waals surface area contributed by atoms with Gasteiger partial charge in [-0.15, -0.1) is 0 Å². The number of amides is 1. The van der Waals surface area contributed by atoms with Crippen LogP contribution in [-0.2, 0) is 0 Å². The molecule has 23 heavy (non-hydrogen) atoms. The predicted octanol–water partition coefficient (Wildman–Crippen LogP) is 2.61. The minimum atomic E-state index is -0.472. The molecule has 0 aliphatic carbocycles. The summed E-state index contributed by atoms with van der Waals surface area (Å²) in [6, 6.07) is 12.1. The van der Waals surface area contributed by atoms with E-state index in [1.54, 1.807) is 56.7 Å². The van der Waals surface area contributed by atoms with E-state index in [-0.39, 0.29) is 0 Å². The number of hydrogen-bond acceptors (Lipinski definition) is 4. The Balaban J connectivity index is 2.05. The molecular formula is C16H17N3O3S. The van der Waals surface area contributed by atoms with Crippen molar-refractivity contribution in [3.63, 3.8) is 0 Å². The quantitative estimate of drug-likeness (QED) is 0.730. The third-order valence-corrected chi connectivity index (χ3v) is 3.24. The second-order valence-electron chi connectivity index (χ2n) is 4.62. The largest absolute Gasteiger partial charge is 0.497 e. The maximum atomic E-state index is 11.0. The normalized spacial score (nSPS) is 9.83. The number of carbonyl (C=O) groups excluding carboxylic acids is 1. The van der Waals surface area contributed by atoms with E-state index in [1.165, 1.54) is 0 Å². The summed E-state index contributed by atoms with van der Waals surface area (Å²) in [4.78, 5) is 11.0. The zero-order chi connectivity index (χ0) is 16.8. The average molecular weight is 331 g/mol. The first kappa shape index (κ1) is 16.6. The van der Waals surface area contributed by atoms with Crippen molar-refractivity contribution in [2.24, 2.45) is 5.73 Å². The molecular weight excluding hydrogens is 314 g/mol. The first-order valence-corrected chi connectivity index (χ1v) is 7.13. The van der Waals surface area contributed by atoms with Crippen molar-refractivity contribution in [2.75, 3.05) is 24.9 Å². The van der Waals surface area contributed by atoms with E-state index in [9.17, 15) is 4.79 Å². The summed E-state index contributed by atoms with van der Waals surface area (Å²) >= 11 is 5.27. The number of primary amides is 1. The molecule has 0 aliphatic rings. The highest BCUT2D eigenvalue weighted by atomic mass is 32.1. The SMILES string of the molecule is COc1cc(NC(=S)Nc2ccc(C(N)=O)cc2)cc(OC)c1. The number of carbonyl (C=O) groups is 1. The van der Waals surface area contributed by atoms with Gasteiger partial charge < -0.3 is 25.8 Å². The molecule has 0 fully saturated rings. The fourth-order valence-electron chi connectivity index (χ4n) is 1.89. The van der Waals surface area contributed by atoms with Crippen molar-refractivity contribution < 1.29 is 14.3 Å². The molecule has 0 saturated heterocycles. The Bertz CT molecular complexity index is 695. The lowest BCUT2D eigenvalue weighted by molar-refractivity contribution is 0.100. The molecule has 2 aromatic carbocycles. The van der Waals surface area contributed by atoms with Crippen molar-refractivity contribution in [1.82, 2.24) is 0 Å². The number of rotatable bonds is 5. The molecule has 6 nitrogen and oxygen atoms in total. The number of thiocarbonyl (C=S) groups is 1. The fourth-order valence-corrected chi connectivity index (χ4v) is 2.13. The summed E-state index contributed by atoms with van der Waals surface area (Å²) in [6.07, 6.45) is 0. The predicted molar refractivity (Wildman–Crippen MR) is 94.3 cm³/mol. The van der Waals surface area contributed by atoms with Gasteiger partial charge in [0.2, 0.25) is 5.91 Å². The van der Waals surface area contributed by atoms with Crippen LogP contribution >= 0.6 is 12.2 Å². The van der Waals surface area contributed by atoms with Gasteiger partial charge in [-0.2, -0.15) is 0 Å². The van der Waals surface area contributed by atoms with Gasteiger partial charge in [-0.05, 0) is 36.5 Å². The smallest absolute Gasteiger partial charge is 0.248 e. The van der Waals surface area contributed by atoms with Gasteiger partial charge in [0.05, 0.1) is 14.2 Å². The number of nitrogens with one attached hydrogen (secondary N) is 2. The molecule has 0 aliphatic heterocycles. The standard InChI is InChI=1S/C16H17N3O3S/c1-21-13-7-12(8-14(9-13)22-2)19-16(23)18-11-5-3-10(4-6-11)15(17)20/h3-9H,1-2H3,(H2,17,20)(H2,18,19,23). The summed E-state index contributed by atoms with van der Waals surface area (Å²) in [5.41, 5.74) is 7.11. The number of benzene rings is 2. The number of nitrogens with two attached hydrogens (primary N) is 1. The van der Waals surface area contributed by atoms with Crippen LogP contribution in [0.1, 0.15) is 10.4 Å². The first-order valence-electron chi connectivity index (χ1n) is 6.73. The number of methoxy groups -OCH3 is 2.